The molecule has 8 nitrogen and oxygen atoms in total. The van der Waals surface area contributed by atoms with Crippen LogP contribution in [0.15, 0.2) is 194 Å². The molecule has 10 rings (SSSR count). The number of ether oxygens (including phenoxy) is 2. The molecule has 2 fully saturated rings. The van der Waals surface area contributed by atoms with Gasteiger partial charge in [0.25, 0.3) is 0 Å². The molecule has 0 radical (unpaired) electrons. The van der Waals surface area contributed by atoms with Crippen molar-refractivity contribution in [2.45, 2.75) is 23.7 Å². The van der Waals surface area contributed by atoms with E-state index >= 15 is 0 Å². The zero-order valence-corrected chi connectivity index (χ0v) is 34.4. The van der Waals surface area contributed by atoms with Crippen molar-refractivity contribution in [1.82, 2.24) is 0 Å². The predicted octanol–water partition coefficient (Wildman–Crippen LogP) is 11.3. The van der Waals surface area contributed by atoms with Gasteiger partial charge in [0, 0.05) is 34.4 Å². The molecule has 0 bridgehead atoms. The van der Waals surface area contributed by atoms with Gasteiger partial charge in [0.15, 0.2) is 0 Å². The second-order valence-electron chi connectivity index (χ2n) is 16.8. The molecule has 0 aliphatic heterocycles. The molecule has 8 aromatic carbocycles. The van der Waals surface area contributed by atoms with Gasteiger partial charge in [-0.2, -0.15) is 0 Å². The minimum absolute atomic E-state index is 0.339. The van der Waals surface area contributed by atoms with Crippen LogP contribution in [-0.4, -0.2) is 34.1 Å². The van der Waals surface area contributed by atoms with E-state index in [1.165, 1.54) is 0 Å². The molecular weight excluding hydrogens is 801 g/mol. The maximum Gasteiger partial charge on any atom is 0.315 e. The van der Waals surface area contributed by atoms with Crippen LogP contribution in [0.2, 0.25) is 0 Å². The number of hydrogen-bond acceptors (Lipinski definition) is 6. The molecule has 2 N–H and O–H groups in total. The Morgan fingerprint density at radius 1 is 0.344 bits per heavy atom. The van der Waals surface area contributed by atoms with Crippen molar-refractivity contribution in [1.29, 1.82) is 0 Å². The number of benzene rings is 8. The summed E-state index contributed by atoms with van der Waals surface area (Å²) in [5.74, 6) is -8.00. The summed E-state index contributed by atoms with van der Waals surface area (Å²) in [4.78, 5) is 54.8. The lowest BCUT2D eigenvalue weighted by Gasteiger charge is -2.49. The number of carbonyl (C=O) groups excluding carboxylic acids is 2. The number of carboxylic acids is 2. The first-order chi connectivity index (χ1) is 31.3. The summed E-state index contributed by atoms with van der Waals surface area (Å²) < 4.78 is 12.5. The normalized spacial score (nSPS) is 22.4. The van der Waals surface area contributed by atoms with Gasteiger partial charge >= 0.3 is 23.9 Å². The lowest BCUT2D eigenvalue weighted by atomic mass is 9.52. The first-order valence-electron chi connectivity index (χ1n) is 21.4. The SMILES string of the molecule is O=C(O)[C@H]1[C@@H](c2ccccc2)[C@H](C(=O)Oc2cccc3ccccc23)[C@@H]1c1ccc(-c2cc(OC(=O)[C@H]3[C@H](c4ccccc4)[C@H](C(=O)O)[C@H]3c3ccccc3)c3ccccc3c2)cc1. The van der Waals surface area contributed by atoms with Crippen LogP contribution >= 0.6 is 0 Å². The molecule has 0 heterocycles. The molecule has 8 aromatic rings. The van der Waals surface area contributed by atoms with Gasteiger partial charge in [0.2, 0.25) is 0 Å². The number of carbonyl (C=O) groups is 4. The van der Waals surface area contributed by atoms with E-state index in [2.05, 4.69) is 0 Å². The van der Waals surface area contributed by atoms with E-state index in [9.17, 15) is 29.4 Å². The zero-order valence-electron chi connectivity index (χ0n) is 34.4. The molecule has 314 valence electrons. The minimum Gasteiger partial charge on any atom is -0.481 e. The highest BCUT2D eigenvalue weighted by Crippen LogP contribution is 2.59. The molecule has 0 aromatic heterocycles. The molecule has 8 heteroatoms. The summed E-state index contributed by atoms with van der Waals surface area (Å²) in [7, 11) is 0. The second-order valence-corrected chi connectivity index (χ2v) is 16.8. The summed E-state index contributed by atoms with van der Waals surface area (Å²) in [5.41, 5.74) is 4.50. The molecule has 0 saturated heterocycles. The summed E-state index contributed by atoms with van der Waals surface area (Å²) in [5, 5.41) is 24.5. The quantitative estimate of drug-likeness (QED) is 0.0973. The Hall–Kier alpha value is -7.84. The molecule has 2 aliphatic rings. The van der Waals surface area contributed by atoms with Crippen LogP contribution in [0, 0.1) is 23.7 Å². The van der Waals surface area contributed by atoms with Gasteiger partial charge in [-0.05, 0) is 62.4 Å². The number of aliphatic carboxylic acids is 2. The van der Waals surface area contributed by atoms with Gasteiger partial charge in [0.05, 0.1) is 23.7 Å². The van der Waals surface area contributed by atoms with Crippen LogP contribution in [0.1, 0.15) is 45.9 Å². The highest BCUT2D eigenvalue weighted by atomic mass is 16.5. The van der Waals surface area contributed by atoms with E-state index in [1.54, 1.807) is 6.07 Å². The molecule has 6 atom stereocenters. The number of carboxylic acid groups (broad SMARTS) is 2. The largest absolute Gasteiger partial charge is 0.481 e. The van der Waals surface area contributed by atoms with E-state index in [4.69, 9.17) is 9.47 Å². The highest BCUT2D eigenvalue weighted by Gasteiger charge is 2.60. The van der Waals surface area contributed by atoms with Crippen molar-refractivity contribution in [3.63, 3.8) is 0 Å². The first kappa shape index (κ1) is 40.2. The van der Waals surface area contributed by atoms with Gasteiger partial charge in [0.1, 0.15) is 11.5 Å². The summed E-state index contributed by atoms with van der Waals surface area (Å²) >= 11 is 0. The molecule has 2 aliphatic carbocycles. The zero-order chi connectivity index (χ0) is 43.9. The topological polar surface area (TPSA) is 127 Å². The molecule has 0 spiro atoms. The number of hydrogen-bond donors (Lipinski definition) is 2. The molecular formula is C56H42O8. The molecule has 0 amide bonds. The smallest absolute Gasteiger partial charge is 0.315 e. The van der Waals surface area contributed by atoms with Crippen LogP contribution in [0.5, 0.6) is 11.5 Å². The van der Waals surface area contributed by atoms with E-state index in [0.717, 1.165) is 49.4 Å². The van der Waals surface area contributed by atoms with Crippen LogP contribution in [0.25, 0.3) is 32.7 Å². The Bertz CT molecular complexity index is 2990. The van der Waals surface area contributed by atoms with Gasteiger partial charge in [-0.3, -0.25) is 19.2 Å². The van der Waals surface area contributed by atoms with E-state index < -0.39 is 71.2 Å². The lowest BCUT2D eigenvalue weighted by molar-refractivity contribution is -0.160. The fourth-order valence-electron chi connectivity index (χ4n) is 10.4. The third kappa shape index (κ3) is 7.16. The second kappa shape index (κ2) is 16.8. The third-order valence-corrected chi connectivity index (χ3v) is 13.4. The summed E-state index contributed by atoms with van der Waals surface area (Å²) in [6.07, 6.45) is 0. The number of rotatable bonds is 11. The van der Waals surface area contributed by atoms with Crippen LogP contribution < -0.4 is 9.47 Å². The van der Waals surface area contributed by atoms with Crippen molar-refractivity contribution in [2.24, 2.45) is 23.7 Å². The fraction of sp³-hybridized carbons (Fsp3) is 0.143. The number of fused-ring (bicyclic) bond motifs is 2. The Kier molecular flexibility index (Phi) is 10.6. The Balaban J connectivity index is 0.984. The van der Waals surface area contributed by atoms with E-state index in [0.29, 0.717) is 17.1 Å². The Morgan fingerprint density at radius 2 is 0.734 bits per heavy atom. The van der Waals surface area contributed by atoms with Crippen molar-refractivity contribution in [3.8, 4) is 22.6 Å². The van der Waals surface area contributed by atoms with Crippen LogP contribution in [0.4, 0.5) is 0 Å². The maximum atomic E-state index is 14.6. The van der Waals surface area contributed by atoms with Crippen LogP contribution in [-0.2, 0) is 19.2 Å². The molecule has 0 unspecified atom stereocenters. The average molecular weight is 843 g/mol. The maximum absolute atomic E-state index is 14.6. The van der Waals surface area contributed by atoms with Gasteiger partial charge in [-0.1, -0.05) is 176 Å². The van der Waals surface area contributed by atoms with Crippen molar-refractivity contribution >= 4 is 45.4 Å². The monoisotopic (exact) mass is 842 g/mol. The lowest BCUT2D eigenvalue weighted by Crippen LogP contribution is -2.52. The summed E-state index contributed by atoms with van der Waals surface area (Å²) in [6, 6.07) is 60.0. The fourth-order valence-corrected chi connectivity index (χ4v) is 10.4. The summed E-state index contributed by atoms with van der Waals surface area (Å²) in [6.45, 7) is 0. The highest BCUT2D eigenvalue weighted by molar-refractivity contribution is 5.96. The molecule has 64 heavy (non-hydrogen) atoms. The Labute approximate surface area is 369 Å². The number of esters is 2. The molecule has 2 saturated carbocycles. The van der Waals surface area contributed by atoms with Gasteiger partial charge < -0.3 is 19.7 Å². The Morgan fingerprint density at radius 3 is 1.22 bits per heavy atom. The first-order valence-corrected chi connectivity index (χ1v) is 21.4. The van der Waals surface area contributed by atoms with E-state index in [-0.39, 0.29) is 0 Å². The van der Waals surface area contributed by atoms with Gasteiger partial charge in [-0.15, -0.1) is 0 Å². The average Bonchev–Trinajstić information content (AvgIpc) is 3.29. The van der Waals surface area contributed by atoms with Crippen molar-refractivity contribution < 1.29 is 38.9 Å². The minimum atomic E-state index is -0.997. The van der Waals surface area contributed by atoms with Gasteiger partial charge in [-0.25, -0.2) is 0 Å². The standard InChI is InChI=1S/C56H42O8/c57-53(58)49-45(35-16-4-1-5-17-35)51(46(49)36-18-6-2-7-19-36)56(62)64-44-32-40(31-39-22-11-13-25-42(39)44)33-27-29-38(30-28-33)48-50(54(59)60)47(37-20-8-3-9-21-37)52(48)55(61)63-43-26-14-23-34-15-10-12-24-41(34)43/h1-32,45-52H,(H,57,58)(H,59,60)/t45-,46-,47-,48-,49-,50+,51-,52+/m1/s1. The van der Waals surface area contributed by atoms with Crippen molar-refractivity contribution in [2.75, 3.05) is 0 Å². The predicted molar refractivity (Wildman–Crippen MR) is 244 cm³/mol. The van der Waals surface area contributed by atoms with Crippen LogP contribution in [0.3, 0.4) is 0 Å². The third-order valence-electron chi connectivity index (χ3n) is 13.4. The van der Waals surface area contributed by atoms with E-state index in [1.807, 2.05) is 188 Å². The van der Waals surface area contributed by atoms with Crippen molar-refractivity contribution in [3.05, 3.63) is 216 Å².